The number of para-hydroxylation sites is 1. The Hall–Kier alpha value is -3.38. The maximum absolute atomic E-state index is 12.2. The van der Waals surface area contributed by atoms with E-state index in [1.165, 1.54) is 11.3 Å². The Bertz CT molecular complexity index is 1070. The number of nitrogens with two attached hydrogens (primary N) is 1. The summed E-state index contributed by atoms with van der Waals surface area (Å²) in [6.07, 6.45) is 0. The van der Waals surface area contributed by atoms with Gasteiger partial charge in [-0.2, -0.15) is 0 Å². The van der Waals surface area contributed by atoms with Gasteiger partial charge in [0.1, 0.15) is 11.4 Å². The fraction of sp³-hybridized carbons (Fsp3) is 0.0476. The van der Waals surface area contributed by atoms with Gasteiger partial charge in [-0.15, -0.1) is 11.3 Å². The van der Waals surface area contributed by atoms with Gasteiger partial charge in [0, 0.05) is 20.9 Å². The number of carbonyl (C=O) groups is 1. The lowest BCUT2D eigenvalue weighted by atomic mass is 9.96. The molecule has 6 heteroatoms. The van der Waals surface area contributed by atoms with Gasteiger partial charge in [0.05, 0.1) is 11.8 Å². The number of carbonyl (C=O) groups excluding carboxylic acids is 1. The minimum absolute atomic E-state index is 0.0753. The van der Waals surface area contributed by atoms with Crippen molar-refractivity contribution in [1.82, 2.24) is 5.32 Å². The van der Waals surface area contributed by atoms with E-state index in [0.29, 0.717) is 11.1 Å². The van der Waals surface area contributed by atoms with E-state index in [-0.39, 0.29) is 23.1 Å². The quantitative estimate of drug-likeness (QED) is 0.525. The van der Waals surface area contributed by atoms with E-state index in [4.69, 9.17) is 11.1 Å². The molecule has 4 rings (SSSR count). The molecule has 1 amide bonds. The normalized spacial score (nSPS) is 16.4. The van der Waals surface area contributed by atoms with Crippen LogP contribution >= 0.6 is 11.3 Å². The van der Waals surface area contributed by atoms with E-state index in [1.807, 2.05) is 54.6 Å². The smallest absolute Gasteiger partial charge is 0.268 e. The number of rotatable bonds is 4. The van der Waals surface area contributed by atoms with E-state index in [9.17, 15) is 9.90 Å². The molecule has 0 spiro atoms. The fourth-order valence-corrected chi connectivity index (χ4v) is 4.25. The Kier molecular flexibility index (Phi) is 4.25. The standard InChI is InChI=1S/C21H17N3O2S/c22-18(12-6-2-1-3-7-12)17-19(23)21(26)24-20(17)16-11-10-15(27-16)13-8-4-5-9-14(13)25/h1-11,20,22,25H,23H2,(H,24,26). The predicted octanol–water partition coefficient (Wildman–Crippen LogP) is 3.57. The highest BCUT2D eigenvalue weighted by atomic mass is 32.1. The molecule has 3 aromatic rings. The number of phenols is 1. The monoisotopic (exact) mass is 375 g/mol. The molecule has 0 bridgehead atoms. The maximum Gasteiger partial charge on any atom is 0.268 e. The highest BCUT2D eigenvalue weighted by Gasteiger charge is 2.35. The van der Waals surface area contributed by atoms with E-state index in [2.05, 4.69) is 5.32 Å². The van der Waals surface area contributed by atoms with Crippen LogP contribution in [0.3, 0.4) is 0 Å². The Morgan fingerprint density at radius 2 is 1.74 bits per heavy atom. The molecule has 1 aliphatic rings. The Labute approximate surface area is 160 Å². The molecule has 134 valence electrons. The van der Waals surface area contributed by atoms with Crippen LogP contribution in [0.4, 0.5) is 0 Å². The highest BCUT2D eigenvalue weighted by Crippen LogP contribution is 2.40. The molecule has 1 aromatic heterocycles. The molecular formula is C21H17N3O2S. The molecule has 0 aliphatic carbocycles. The van der Waals surface area contributed by atoms with E-state index >= 15 is 0 Å². The van der Waals surface area contributed by atoms with Crippen molar-refractivity contribution in [2.75, 3.05) is 0 Å². The molecule has 1 aliphatic heterocycles. The number of hydrogen-bond donors (Lipinski definition) is 4. The molecule has 0 saturated heterocycles. The number of phenolic OH excluding ortho intramolecular Hbond substituents is 1. The van der Waals surface area contributed by atoms with Gasteiger partial charge >= 0.3 is 0 Å². The molecule has 0 radical (unpaired) electrons. The van der Waals surface area contributed by atoms with Gasteiger partial charge < -0.3 is 16.2 Å². The van der Waals surface area contributed by atoms with Crippen molar-refractivity contribution in [3.8, 4) is 16.2 Å². The lowest BCUT2D eigenvalue weighted by molar-refractivity contribution is -0.117. The van der Waals surface area contributed by atoms with Crippen molar-refractivity contribution in [3.63, 3.8) is 0 Å². The number of aromatic hydroxyl groups is 1. The van der Waals surface area contributed by atoms with Crippen LogP contribution in [0.2, 0.25) is 0 Å². The number of thiophene rings is 1. The largest absolute Gasteiger partial charge is 0.507 e. The third-order valence-electron chi connectivity index (χ3n) is 4.51. The van der Waals surface area contributed by atoms with Gasteiger partial charge in [0.25, 0.3) is 5.91 Å². The molecule has 1 atom stereocenters. The third-order valence-corrected chi connectivity index (χ3v) is 5.69. The first kappa shape index (κ1) is 17.1. The number of hydrogen-bond acceptors (Lipinski definition) is 5. The zero-order valence-electron chi connectivity index (χ0n) is 14.3. The number of amides is 1. The number of nitrogens with one attached hydrogen (secondary N) is 2. The lowest BCUT2D eigenvalue weighted by Crippen LogP contribution is -2.23. The summed E-state index contributed by atoms with van der Waals surface area (Å²) < 4.78 is 0. The van der Waals surface area contributed by atoms with Crippen LogP contribution in [0.15, 0.2) is 78.0 Å². The summed E-state index contributed by atoms with van der Waals surface area (Å²) in [7, 11) is 0. The van der Waals surface area contributed by atoms with Crippen LogP contribution < -0.4 is 11.1 Å². The first-order valence-electron chi connectivity index (χ1n) is 8.39. The van der Waals surface area contributed by atoms with Crippen LogP contribution in [0.25, 0.3) is 10.4 Å². The van der Waals surface area contributed by atoms with Gasteiger partial charge in [-0.25, -0.2) is 0 Å². The summed E-state index contributed by atoms with van der Waals surface area (Å²) in [5, 5.41) is 21.5. The maximum atomic E-state index is 12.2. The topological polar surface area (TPSA) is 99.2 Å². The minimum atomic E-state index is -0.477. The average molecular weight is 375 g/mol. The average Bonchev–Trinajstić information content (AvgIpc) is 3.28. The van der Waals surface area contributed by atoms with Gasteiger partial charge in [-0.3, -0.25) is 10.2 Å². The number of benzene rings is 2. The van der Waals surface area contributed by atoms with E-state index < -0.39 is 6.04 Å². The lowest BCUT2D eigenvalue weighted by Gasteiger charge is -2.15. The van der Waals surface area contributed by atoms with E-state index in [0.717, 1.165) is 15.3 Å². The van der Waals surface area contributed by atoms with Gasteiger partial charge in [0.2, 0.25) is 0 Å². The summed E-state index contributed by atoms with van der Waals surface area (Å²) in [4.78, 5) is 14.0. The van der Waals surface area contributed by atoms with Crippen LogP contribution in [-0.4, -0.2) is 16.7 Å². The van der Waals surface area contributed by atoms with Crippen molar-refractivity contribution in [2.24, 2.45) is 5.73 Å². The second-order valence-corrected chi connectivity index (χ2v) is 7.31. The summed E-state index contributed by atoms with van der Waals surface area (Å²) >= 11 is 1.46. The molecule has 1 unspecified atom stereocenters. The molecule has 27 heavy (non-hydrogen) atoms. The van der Waals surface area contributed by atoms with Crippen molar-refractivity contribution in [1.29, 1.82) is 5.41 Å². The van der Waals surface area contributed by atoms with Gasteiger partial charge in [-0.05, 0) is 29.8 Å². The fourth-order valence-electron chi connectivity index (χ4n) is 3.15. The Morgan fingerprint density at radius 3 is 2.48 bits per heavy atom. The first-order chi connectivity index (χ1) is 13.1. The second-order valence-electron chi connectivity index (χ2n) is 6.19. The molecule has 5 N–H and O–H groups in total. The predicted molar refractivity (Wildman–Crippen MR) is 107 cm³/mol. The first-order valence-corrected chi connectivity index (χ1v) is 9.21. The Morgan fingerprint density at radius 1 is 1.04 bits per heavy atom. The highest BCUT2D eigenvalue weighted by molar-refractivity contribution is 7.15. The van der Waals surface area contributed by atoms with Crippen LogP contribution in [-0.2, 0) is 4.79 Å². The molecule has 5 nitrogen and oxygen atoms in total. The van der Waals surface area contributed by atoms with Crippen LogP contribution in [0.5, 0.6) is 5.75 Å². The Balaban J connectivity index is 1.73. The van der Waals surface area contributed by atoms with Crippen LogP contribution in [0, 0.1) is 5.41 Å². The van der Waals surface area contributed by atoms with Gasteiger partial charge in [0.15, 0.2) is 0 Å². The van der Waals surface area contributed by atoms with Crippen molar-refractivity contribution in [2.45, 2.75) is 6.04 Å². The molecule has 2 heterocycles. The van der Waals surface area contributed by atoms with Crippen molar-refractivity contribution >= 4 is 23.0 Å². The molecule has 0 saturated carbocycles. The second kappa shape index (κ2) is 6.74. The molecule has 2 aromatic carbocycles. The summed E-state index contributed by atoms with van der Waals surface area (Å²) in [5.74, 6) is -0.165. The van der Waals surface area contributed by atoms with Crippen molar-refractivity contribution < 1.29 is 9.90 Å². The minimum Gasteiger partial charge on any atom is -0.507 e. The molecule has 0 fully saturated rings. The summed E-state index contributed by atoms with van der Waals surface area (Å²) in [6.45, 7) is 0. The summed E-state index contributed by atoms with van der Waals surface area (Å²) in [6, 6.07) is 19.7. The SMILES string of the molecule is N=C(C1=C(N)C(=O)NC1c1ccc(-c2ccccc2O)s1)c1ccccc1. The van der Waals surface area contributed by atoms with E-state index in [1.54, 1.807) is 12.1 Å². The van der Waals surface area contributed by atoms with Crippen LogP contribution in [0.1, 0.15) is 16.5 Å². The molecular weight excluding hydrogens is 358 g/mol. The zero-order chi connectivity index (χ0) is 19.0. The van der Waals surface area contributed by atoms with Gasteiger partial charge in [-0.1, -0.05) is 42.5 Å². The summed E-state index contributed by atoms with van der Waals surface area (Å²) in [5.41, 5.74) is 8.25. The third kappa shape index (κ3) is 3.00. The van der Waals surface area contributed by atoms with Crippen molar-refractivity contribution in [3.05, 3.63) is 88.4 Å². The zero-order valence-corrected chi connectivity index (χ0v) is 15.1.